The van der Waals surface area contributed by atoms with Gasteiger partial charge in [0.25, 0.3) is 5.91 Å². The number of fused-ring (bicyclic) bond motifs is 1. The van der Waals surface area contributed by atoms with E-state index in [0.717, 1.165) is 36.0 Å². The maximum absolute atomic E-state index is 11.5. The van der Waals surface area contributed by atoms with Gasteiger partial charge in [0.1, 0.15) is 0 Å². The van der Waals surface area contributed by atoms with E-state index in [2.05, 4.69) is 59.3 Å². The molecule has 1 aliphatic carbocycles. The zero-order valence-corrected chi connectivity index (χ0v) is 18.2. The Morgan fingerprint density at radius 1 is 1.03 bits per heavy atom. The molecule has 1 fully saturated rings. The molecule has 3 nitrogen and oxygen atoms in total. The molecule has 0 bridgehead atoms. The Balaban J connectivity index is 1.43. The zero-order chi connectivity index (χ0) is 20.8. The maximum atomic E-state index is 11.5. The van der Waals surface area contributed by atoms with Gasteiger partial charge < -0.3 is 0 Å². The summed E-state index contributed by atoms with van der Waals surface area (Å²) in [6.45, 7) is 4.47. The summed E-state index contributed by atoms with van der Waals surface area (Å²) in [5.41, 5.74) is 2.74. The van der Waals surface area contributed by atoms with E-state index in [9.17, 15) is 4.79 Å². The average Bonchev–Trinajstić information content (AvgIpc) is 3.16. The van der Waals surface area contributed by atoms with Crippen molar-refractivity contribution < 1.29 is 4.79 Å². The SMILES string of the molecule is CCN(Cc1ccccc1)C(CCCc1ccc2c(c1)=CC(=O)N=2)C1CCCCC1. The molecule has 0 aromatic heterocycles. The number of nitrogens with zero attached hydrogens (tertiary/aromatic N) is 2. The predicted molar refractivity (Wildman–Crippen MR) is 123 cm³/mol. The van der Waals surface area contributed by atoms with Gasteiger partial charge in [0, 0.05) is 23.9 Å². The van der Waals surface area contributed by atoms with Gasteiger partial charge >= 0.3 is 0 Å². The fourth-order valence-electron chi connectivity index (χ4n) is 5.29. The molecule has 0 saturated heterocycles. The van der Waals surface area contributed by atoms with Crippen molar-refractivity contribution in [1.29, 1.82) is 0 Å². The first-order valence-corrected chi connectivity index (χ1v) is 11.7. The standard InChI is InChI=1S/C27H34N2O/c1-2-29(20-22-10-5-3-6-11-22)26(23-13-7-4-8-14-23)15-9-12-21-16-17-25-24(18-21)19-27(30)28-25/h3,5-6,10-11,16-19,23,26H,2,4,7-9,12-15,20H2,1H3. The van der Waals surface area contributed by atoms with E-state index < -0.39 is 0 Å². The molecule has 158 valence electrons. The lowest BCUT2D eigenvalue weighted by molar-refractivity contribution is -0.112. The molecule has 1 aliphatic heterocycles. The fraction of sp³-hybridized carbons (Fsp3) is 0.481. The molecule has 3 heteroatoms. The number of hydrogen-bond donors (Lipinski definition) is 0. The van der Waals surface area contributed by atoms with Gasteiger partial charge in [0.15, 0.2) is 0 Å². The summed E-state index contributed by atoms with van der Waals surface area (Å²) < 4.78 is 0. The summed E-state index contributed by atoms with van der Waals surface area (Å²) in [5.74, 6) is 0.700. The largest absolute Gasteiger partial charge is 0.296 e. The molecule has 1 unspecified atom stereocenters. The number of carbonyl (C=O) groups is 1. The van der Waals surface area contributed by atoms with Gasteiger partial charge in [0.2, 0.25) is 0 Å². The lowest BCUT2D eigenvalue weighted by Crippen LogP contribution is -2.41. The smallest absolute Gasteiger partial charge is 0.270 e. The molecule has 0 N–H and O–H groups in total. The maximum Gasteiger partial charge on any atom is 0.270 e. The molecule has 4 rings (SSSR count). The van der Waals surface area contributed by atoms with Crippen molar-refractivity contribution in [2.75, 3.05) is 6.54 Å². The van der Waals surface area contributed by atoms with Crippen LogP contribution in [0.1, 0.15) is 63.0 Å². The van der Waals surface area contributed by atoms with E-state index in [1.165, 1.54) is 56.1 Å². The van der Waals surface area contributed by atoms with Crippen LogP contribution < -0.4 is 10.6 Å². The van der Waals surface area contributed by atoms with Crippen LogP contribution in [0.2, 0.25) is 0 Å². The average molecular weight is 403 g/mol. The van der Waals surface area contributed by atoms with Crippen molar-refractivity contribution in [3.05, 3.63) is 70.2 Å². The van der Waals surface area contributed by atoms with Crippen LogP contribution in [0.5, 0.6) is 0 Å². The number of aryl methyl sites for hydroxylation is 1. The molecule has 1 saturated carbocycles. The number of benzene rings is 2. The van der Waals surface area contributed by atoms with Gasteiger partial charge in [-0.1, -0.05) is 62.6 Å². The lowest BCUT2D eigenvalue weighted by atomic mass is 9.81. The van der Waals surface area contributed by atoms with Crippen LogP contribution in [0, 0.1) is 5.92 Å². The first-order valence-electron chi connectivity index (χ1n) is 11.7. The van der Waals surface area contributed by atoms with Crippen molar-refractivity contribution in [2.45, 2.75) is 70.9 Å². The normalized spacial score (nSPS) is 17.5. The van der Waals surface area contributed by atoms with Crippen molar-refractivity contribution >= 4 is 12.0 Å². The van der Waals surface area contributed by atoms with Crippen LogP contribution in [0.4, 0.5) is 0 Å². The van der Waals surface area contributed by atoms with Gasteiger partial charge in [0.05, 0.1) is 5.36 Å². The van der Waals surface area contributed by atoms with Crippen LogP contribution in [-0.4, -0.2) is 23.4 Å². The van der Waals surface area contributed by atoms with Crippen molar-refractivity contribution in [2.24, 2.45) is 10.9 Å². The van der Waals surface area contributed by atoms with Crippen LogP contribution in [0.3, 0.4) is 0 Å². The Morgan fingerprint density at radius 2 is 1.83 bits per heavy atom. The predicted octanol–water partition coefficient (Wildman–Crippen LogP) is 4.42. The molecule has 30 heavy (non-hydrogen) atoms. The molecule has 1 heterocycles. The van der Waals surface area contributed by atoms with Crippen LogP contribution in [0.25, 0.3) is 6.08 Å². The van der Waals surface area contributed by atoms with E-state index in [4.69, 9.17) is 0 Å². The summed E-state index contributed by atoms with van der Waals surface area (Å²) in [4.78, 5) is 18.3. The van der Waals surface area contributed by atoms with Gasteiger partial charge in [-0.05, 0) is 67.8 Å². The fourth-order valence-corrected chi connectivity index (χ4v) is 5.29. The third-order valence-corrected chi connectivity index (χ3v) is 6.86. The summed E-state index contributed by atoms with van der Waals surface area (Å²) >= 11 is 0. The summed E-state index contributed by atoms with van der Waals surface area (Å²) in [7, 11) is 0. The second-order valence-corrected chi connectivity index (χ2v) is 8.89. The van der Waals surface area contributed by atoms with E-state index in [1.807, 2.05) is 6.07 Å². The highest BCUT2D eigenvalue weighted by Crippen LogP contribution is 2.32. The first kappa shape index (κ1) is 21.0. The van der Waals surface area contributed by atoms with Gasteiger partial charge in [-0.15, -0.1) is 0 Å². The number of carbonyl (C=O) groups excluding carboxylic acids is 1. The molecular weight excluding hydrogens is 368 g/mol. The Labute approximate surface area is 180 Å². The van der Waals surface area contributed by atoms with Crippen molar-refractivity contribution in [1.82, 2.24) is 4.90 Å². The summed E-state index contributed by atoms with van der Waals surface area (Å²) in [6, 6.07) is 17.9. The Hall–Kier alpha value is -2.26. The van der Waals surface area contributed by atoms with Gasteiger partial charge in [-0.2, -0.15) is 0 Å². The molecule has 0 radical (unpaired) electrons. The Bertz CT molecular complexity index is 960. The molecule has 1 amide bonds. The van der Waals surface area contributed by atoms with Crippen LogP contribution in [-0.2, 0) is 17.8 Å². The molecule has 1 atom stereocenters. The second kappa shape index (κ2) is 10.2. The quantitative estimate of drug-likeness (QED) is 0.622. The number of amides is 1. The minimum Gasteiger partial charge on any atom is -0.296 e. The highest BCUT2D eigenvalue weighted by molar-refractivity contribution is 6.06. The molecule has 2 aromatic rings. The molecular formula is C27H34N2O. The highest BCUT2D eigenvalue weighted by atomic mass is 16.1. The number of hydrogen-bond acceptors (Lipinski definition) is 2. The lowest BCUT2D eigenvalue weighted by Gasteiger charge is -2.39. The summed E-state index contributed by atoms with van der Waals surface area (Å²) in [5, 5.41) is 1.81. The topological polar surface area (TPSA) is 32.7 Å². The second-order valence-electron chi connectivity index (χ2n) is 8.89. The van der Waals surface area contributed by atoms with Gasteiger partial charge in [-0.3, -0.25) is 9.69 Å². The minimum atomic E-state index is -0.126. The first-order chi connectivity index (χ1) is 14.7. The molecule has 0 spiro atoms. The number of rotatable bonds is 9. The van der Waals surface area contributed by atoms with Crippen molar-refractivity contribution in [3.8, 4) is 0 Å². The van der Waals surface area contributed by atoms with Crippen LogP contribution >= 0.6 is 0 Å². The van der Waals surface area contributed by atoms with Crippen LogP contribution in [0.15, 0.2) is 53.5 Å². The third-order valence-electron chi connectivity index (χ3n) is 6.86. The zero-order valence-electron chi connectivity index (χ0n) is 18.2. The molecule has 2 aliphatic rings. The highest BCUT2D eigenvalue weighted by Gasteiger charge is 2.27. The minimum absolute atomic E-state index is 0.126. The summed E-state index contributed by atoms with van der Waals surface area (Å²) in [6.07, 6.45) is 12.1. The Kier molecular flexibility index (Phi) is 7.11. The Morgan fingerprint density at radius 3 is 2.60 bits per heavy atom. The van der Waals surface area contributed by atoms with E-state index in [-0.39, 0.29) is 5.91 Å². The van der Waals surface area contributed by atoms with E-state index in [0.29, 0.717) is 6.04 Å². The molecule has 2 aromatic carbocycles. The van der Waals surface area contributed by atoms with E-state index >= 15 is 0 Å². The van der Waals surface area contributed by atoms with Crippen molar-refractivity contribution in [3.63, 3.8) is 0 Å². The van der Waals surface area contributed by atoms with E-state index in [1.54, 1.807) is 6.08 Å². The third kappa shape index (κ3) is 5.26. The van der Waals surface area contributed by atoms with Gasteiger partial charge in [-0.25, -0.2) is 4.99 Å². The monoisotopic (exact) mass is 402 g/mol.